The Balaban J connectivity index is 2.70. The smallest absolute Gasteiger partial charge is 0.248 e. The Morgan fingerprint density at radius 3 is 1.67 bits per heavy atom. The van der Waals surface area contributed by atoms with E-state index in [1.54, 1.807) is 0 Å². The van der Waals surface area contributed by atoms with Gasteiger partial charge in [-0.05, 0) is 0 Å². The molecule has 0 aliphatic heterocycles. The molecule has 5 heteroatoms. The van der Waals surface area contributed by atoms with E-state index in [1.165, 1.54) is 0 Å². The predicted molar refractivity (Wildman–Crippen MR) is 21.4 cm³/mol. The molecule has 1 nitrogen and oxygen atoms in total. The van der Waals surface area contributed by atoms with E-state index in [-0.39, 0.29) is 0 Å². The summed E-state index contributed by atoms with van der Waals surface area (Å²) in [7, 11) is 0. The van der Waals surface area contributed by atoms with Gasteiger partial charge in [-0.2, -0.15) is 17.6 Å². The molecular weight excluding hydrogens is 138 g/mol. The summed E-state index contributed by atoms with van der Waals surface area (Å²) in [6.07, 6.45) is -1.01. The second kappa shape index (κ2) is 1.39. The molecule has 0 amide bonds. The van der Waals surface area contributed by atoms with Gasteiger partial charge in [0.25, 0.3) is 0 Å². The zero-order chi connectivity index (χ0) is 7.28. The van der Waals surface area contributed by atoms with E-state index in [0.29, 0.717) is 0 Å². The van der Waals surface area contributed by atoms with Crippen LogP contribution in [0.15, 0.2) is 0 Å². The first-order valence-corrected chi connectivity index (χ1v) is 2.35. The van der Waals surface area contributed by atoms with E-state index in [2.05, 4.69) is 0 Å². The van der Waals surface area contributed by atoms with Crippen LogP contribution >= 0.6 is 0 Å². The summed E-state index contributed by atoms with van der Waals surface area (Å²) in [4.78, 5) is 0. The van der Waals surface area contributed by atoms with Crippen molar-refractivity contribution in [2.45, 2.75) is 24.3 Å². The number of halogens is 4. The fourth-order valence-electron chi connectivity index (χ4n) is 0.644. The van der Waals surface area contributed by atoms with Gasteiger partial charge in [0.2, 0.25) is 0 Å². The highest BCUT2D eigenvalue weighted by atomic mass is 19.3. The lowest BCUT2D eigenvalue weighted by atomic mass is 9.84. The maximum atomic E-state index is 11.8. The van der Waals surface area contributed by atoms with Crippen molar-refractivity contribution in [3.63, 3.8) is 0 Å². The summed E-state index contributed by atoms with van der Waals surface area (Å²) in [6.45, 7) is 0. The van der Waals surface area contributed by atoms with Gasteiger partial charge >= 0.3 is 11.8 Å². The van der Waals surface area contributed by atoms with Crippen molar-refractivity contribution in [3.05, 3.63) is 0 Å². The van der Waals surface area contributed by atoms with Crippen molar-refractivity contribution in [2.24, 2.45) is 0 Å². The molecule has 1 saturated carbocycles. The summed E-state index contributed by atoms with van der Waals surface area (Å²) in [6, 6.07) is -1.91. The average Bonchev–Trinajstić information content (AvgIpc) is 1.65. The van der Waals surface area contributed by atoms with Crippen LogP contribution in [-0.4, -0.2) is 17.9 Å². The zero-order valence-corrected chi connectivity index (χ0v) is 4.30. The fourth-order valence-corrected chi connectivity index (χ4v) is 0.644. The predicted octanol–water partition coefficient (Wildman–Crippen LogP) is 1.31. The van der Waals surface area contributed by atoms with Gasteiger partial charge in [0, 0.05) is 6.42 Å². The molecule has 1 aliphatic carbocycles. The molecule has 1 rings (SSSR count). The molecule has 0 aromatic carbocycles. The summed E-state index contributed by atoms with van der Waals surface area (Å²) in [5.41, 5.74) is 6.34. The van der Waals surface area contributed by atoms with Crippen LogP contribution in [0.5, 0.6) is 0 Å². The molecule has 9 heavy (non-hydrogen) atoms. The summed E-state index contributed by atoms with van der Waals surface area (Å²) in [5, 5.41) is 0. The van der Waals surface area contributed by atoms with Gasteiger partial charge in [-0.3, -0.25) is 0 Å². The van der Waals surface area contributed by atoms with Crippen LogP contribution in [0.2, 0.25) is 0 Å². The third-order valence-electron chi connectivity index (χ3n) is 1.39. The second-order valence-corrected chi connectivity index (χ2v) is 2.08. The largest absolute Gasteiger partial charge is 0.326 e. The standard InChI is InChI=1S/C4H4F4N/c5-3(6)1-2(9)4(3,7)8/h2,9H,1H2. The molecule has 0 aromatic heterocycles. The maximum absolute atomic E-state index is 11.8. The van der Waals surface area contributed by atoms with E-state index in [4.69, 9.17) is 5.73 Å². The Bertz CT molecular complexity index is 133. The monoisotopic (exact) mass is 142 g/mol. The van der Waals surface area contributed by atoms with Gasteiger partial charge in [-0.15, -0.1) is 0 Å². The van der Waals surface area contributed by atoms with Crippen molar-refractivity contribution in [3.8, 4) is 0 Å². The molecular formula is C4H4F4N. The molecule has 0 bridgehead atoms. The van der Waals surface area contributed by atoms with Gasteiger partial charge in [-0.1, -0.05) is 0 Å². The Labute approximate surface area is 48.8 Å². The van der Waals surface area contributed by atoms with Crippen LogP contribution in [0.3, 0.4) is 0 Å². The zero-order valence-electron chi connectivity index (χ0n) is 4.30. The van der Waals surface area contributed by atoms with Crippen LogP contribution in [0, 0.1) is 0 Å². The first kappa shape index (κ1) is 6.80. The molecule has 0 aromatic rings. The van der Waals surface area contributed by atoms with Crippen molar-refractivity contribution in [1.29, 1.82) is 0 Å². The highest BCUT2D eigenvalue weighted by molar-refractivity contribution is 5.05. The van der Waals surface area contributed by atoms with Crippen molar-refractivity contribution < 1.29 is 17.6 Å². The number of hydrogen-bond donors (Lipinski definition) is 0. The second-order valence-electron chi connectivity index (χ2n) is 2.08. The lowest BCUT2D eigenvalue weighted by molar-refractivity contribution is -0.288. The van der Waals surface area contributed by atoms with Gasteiger partial charge < -0.3 is 0 Å². The van der Waals surface area contributed by atoms with E-state index in [0.717, 1.165) is 0 Å². The van der Waals surface area contributed by atoms with Gasteiger partial charge in [0.05, 0.1) is 6.04 Å². The maximum Gasteiger partial charge on any atom is 0.326 e. The fraction of sp³-hybridized carbons (Fsp3) is 1.00. The lowest BCUT2D eigenvalue weighted by Gasteiger charge is -2.40. The first-order chi connectivity index (χ1) is 3.88. The van der Waals surface area contributed by atoms with Crippen molar-refractivity contribution in [2.75, 3.05) is 0 Å². The minimum Gasteiger partial charge on any atom is -0.248 e. The van der Waals surface area contributed by atoms with Crippen LogP contribution < -0.4 is 5.73 Å². The van der Waals surface area contributed by atoms with E-state index < -0.39 is 24.3 Å². The number of nitrogens with one attached hydrogen (secondary N) is 1. The lowest BCUT2D eigenvalue weighted by Crippen LogP contribution is -2.62. The van der Waals surface area contributed by atoms with E-state index in [1.807, 2.05) is 0 Å². The molecule has 53 valence electrons. The Morgan fingerprint density at radius 2 is 1.67 bits per heavy atom. The van der Waals surface area contributed by atoms with Gasteiger partial charge in [0.15, 0.2) is 0 Å². The van der Waals surface area contributed by atoms with Crippen LogP contribution in [0.4, 0.5) is 17.6 Å². The summed E-state index contributed by atoms with van der Waals surface area (Å²) >= 11 is 0. The molecule has 1 unspecified atom stereocenters. The molecule has 0 heterocycles. The molecule has 1 N–H and O–H groups in total. The van der Waals surface area contributed by atoms with Crippen LogP contribution in [0.25, 0.3) is 0 Å². The van der Waals surface area contributed by atoms with Crippen LogP contribution in [-0.2, 0) is 0 Å². The third kappa shape index (κ3) is 0.640. The third-order valence-corrected chi connectivity index (χ3v) is 1.39. The van der Waals surface area contributed by atoms with E-state index in [9.17, 15) is 17.6 Å². The molecule has 1 atom stereocenters. The molecule has 1 aliphatic rings. The SMILES string of the molecule is [NH]C1CC(F)(F)C1(F)F. The molecule has 1 fully saturated rings. The van der Waals surface area contributed by atoms with Gasteiger partial charge in [0.1, 0.15) is 0 Å². The molecule has 0 saturated heterocycles. The number of hydrogen-bond acceptors (Lipinski definition) is 0. The molecule has 0 spiro atoms. The number of rotatable bonds is 0. The minimum absolute atomic E-state index is 1.01. The Hall–Kier alpha value is -0.320. The van der Waals surface area contributed by atoms with Crippen LogP contribution in [0.1, 0.15) is 6.42 Å². The minimum atomic E-state index is -4.09. The van der Waals surface area contributed by atoms with Gasteiger partial charge in [-0.25, -0.2) is 5.73 Å². The normalized spacial score (nSPS) is 37.7. The molecule has 1 radical (unpaired) electrons. The number of alkyl halides is 4. The highest BCUT2D eigenvalue weighted by Crippen LogP contribution is 2.50. The quantitative estimate of drug-likeness (QED) is 0.455. The first-order valence-electron chi connectivity index (χ1n) is 2.35. The van der Waals surface area contributed by atoms with Crippen molar-refractivity contribution in [1.82, 2.24) is 5.73 Å². The topological polar surface area (TPSA) is 23.8 Å². The Kier molecular flexibility index (Phi) is 1.05. The average molecular weight is 142 g/mol. The summed E-state index contributed by atoms with van der Waals surface area (Å²) in [5.74, 6) is -8.02. The summed E-state index contributed by atoms with van der Waals surface area (Å²) < 4.78 is 46.9. The Morgan fingerprint density at radius 1 is 1.22 bits per heavy atom. The van der Waals surface area contributed by atoms with Crippen molar-refractivity contribution >= 4 is 0 Å². The highest BCUT2D eigenvalue weighted by Gasteiger charge is 2.70. The van der Waals surface area contributed by atoms with E-state index >= 15 is 0 Å².